The van der Waals surface area contributed by atoms with Crippen LogP contribution in [0.1, 0.15) is 46.0 Å². The highest BCUT2D eigenvalue weighted by Crippen LogP contribution is 2.46. The molecule has 0 radical (unpaired) electrons. The van der Waals surface area contributed by atoms with Gasteiger partial charge in [0.2, 0.25) is 0 Å². The molecular weight excluding hydrogens is 237 g/mol. The Labute approximate surface area is 104 Å². The van der Waals surface area contributed by atoms with E-state index in [9.17, 15) is 4.57 Å². The standard InChI is InChI=1S/C12H22NO3P/c1-3-15-17(14,16-4-2)11-10-13-12-8-6-5-7-9-12/h12-13H,3-9H2,1-2H3. The minimum absolute atomic E-state index is 0.343. The van der Waals surface area contributed by atoms with E-state index in [1.165, 1.54) is 19.3 Å². The highest BCUT2D eigenvalue weighted by molar-refractivity contribution is 7.59. The molecule has 1 aliphatic carbocycles. The van der Waals surface area contributed by atoms with Crippen LogP contribution in [-0.2, 0) is 13.6 Å². The van der Waals surface area contributed by atoms with Gasteiger partial charge in [-0.25, -0.2) is 4.57 Å². The summed E-state index contributed by atoms with van der Waals surface area (Å²) in [7, 11) is -3.21. The van der Waals surface area contributed by atoms with Gasteiger partial charge >= 0.3 is 7.60 Å². The Hall–Kier alpha value is -0.490. The van der Waals surface area contributed by atoms with E-state index < -0.39 is 7.60 Å². The average Bonchev–Trinajstić information content (AvgIpc) is 2.31. The van der Waals surface area contributed by atoms with Gasteiger partial charge in [0, 0.05) is 17.7 Å². The van der Waals surface area contributed by atoms with Gasteiger partial charge in [0.1, 0.15) is 0 Å². The second-order valence-corrected chi connectivity index (χ2v) is 5.78. The van der Waals surface area contributed by atoms with E-state index in [4.69, 9.17) is 9.05 Å². The molecule has 5 heteroatoms. The Balaban J connectivity index is 2.45. The Kier molecular flexibility index (Phi) is 6.65. The summed E-state index contributed by atoms with van der Waals surface area (Å²) in [6.07, 6.45) is 6.08. The Morgan fingerprint density at radius 2 is 1.76 bits per heavy atom. The summed E-state index contributed by atoms with van der Waals surface area (Å²) in [5.41, 5.74) is 2.60. The van der Waals surface area contributed by atoms with Gasteiger partial charge in [-0.15, -0.1) is 0 Å². The van der Waals surface area contributed by atoms with Gasteiger partial charge in [-0.1, -0.05) is 19.3 Å². The molecular formula is C12H22NO3P. The maximum absolute atomic E-state index is 12.0. The lowest BCUT2D eigenvalue weighted by Gasteiger charge is -2.20. The largest absolute Gasteiger partial charge is 0.407 e. The molecule has 0 bridgehead atoms. The fourth-order valence-corrected chi connectivity index (χ4v) is 2.98. The van der Waals surface area contributed by atoms with E-state index in [1.807, 2.05) is 0 Å². The fraction of sp³-hybridized carbons (Fsp3) is 0.833. The Morgan fingerprint density at radius 1 is 1.18 bits per heavy atom. The maximum atomic E-state index is 12.0. The van der Waals surface area contributed by atoms with Gasteiger partial charge < -0.3 is 5.32 Å². The first-order valence-electron chi connectivity index (χ1n) is 6.37. The zero-order valence-electron chi connectivity index (χ0n) is 10.7. The van der Waals surface area contributed by atoms with E-state index >= 15 is 0 Å². The van der Waals surface area contributed by atoms with E-state index in [0.29, 0.717) is 19.3 Å². The highest BCUT2D eigenvalue weighted by Gasteiger charge is 2.20. The van der Waals surface area contributed by atoms with Crippen LogP contribution in [0.15, 0.2) is 0 Å². The van der Waals surface area contributed by atoms with E-state index in [2.05, 4.69) is 17.0 Å². The molecule has 0 spiro atoms. The molecule has 17 heavy (non-hydrogen) atoms. The minimum atomic E-state index is -3.21. The van der Waals surface area contributed by atoms with Crippen molar-refractivity contribution < 1.29 is 13.6 Å². The van der Waals surface area contributed by atoms with E-state index in [-0.39, 0.29) is 0 Å². The molecule has 1 fully saturated rings. The van der Waals surface area contributed by atoms with Gasteiger partial charge in [0.15, 0.2) is 0 Å². The summed E-state index contributed by atoms with van der Waals surface area (Å²) in [6, 6.07) is 3.18. The Bertz CT molecular complexity index is 305. The molecule has 1 saturated carbocycles. The number of hydrogen-bond acceptors (Lipinski definition) is 4. The van der Waals surface area contributed by atoms with Crippen molar-refractivity contribution in [1.82, 2.24) is 5.32 Å². The topological polar surface area (TPSA) is 47.6 Å². The van der Waals surface area contributed by atoms with Crippen molar-refractivity contribution in [2.24, 2.45) is 0 Å². The summed E-state index contributed by atoms with van der Waals surface area (Å²) in [6.45, 7) is 4.24. The Morgan fingerprint density at radius 3 is 2.29 bits per heavy atom. The molecule has 0 aromatic heterocycles. The van der Waals surface area contributed by atoms with Crippen LogP contribution in [0.2, 0.25) is 0 Å². The second kappa shape index (κ2) is 7.76. The summed E-state index contributed by atoms with van der Waals surface area (Å²) < 4.78 is 22.2. The monoisotopic (exact) mass is 259 g/mol. The molecule has 0 atom stereocenters. The van der Waals surface area contributed by atoms with Crippen molar-refractivity contribution in [2.75, 3.05) is 13.2 Å². The zero-order chi connectivity index (χ0) is 12.6. The van der Waals surface area contributed by atoms with Crippen LogP contribution in [0.4, 0.5) is 0 Å². The molecule has 1 aliphatic rings. The maximum Gasteiger partial charge on any atom is 0.407 e. The van der Waals surface area contributed by atoms with Crippen LogP contribution in [0.5, 0.6) is 0 Å². The predicted molar refractivity (Wildman–Crippen MR) is 68.6 cm³/mol. The lowest BCUT2D eigenvalue weighted by molar-refractivity contribution is 0.230. The summed E-state index contributed by atoms with van der Waals surface area (Å²) in [4.78, 5) is 0. The van der Waals surface area contributed by atoms with E-state index in [1.54, 1.807) is 13.8 Å². The van der Waals surface area contributed by atoms with Crippen molar-refractivity contribution in [3.05, 3.63) is 0 Å². The van der Waals surface area contributed by atoms with E-state index in [0.717, 1.165) is 12.8 Å². The van der Waals surface area contributed by atoms with Crippen molar-refractivity contribution >= 4 is 7.60 Å². The third-order valence-corrected chi connectivity index (χ3v) is 4.25. The SMILES string of the molecule is CCOP(=O)(C#CNC1CCCCC1)OCC. The molecule has 1 N–H and O–H groups in total. The van der Waals surface area contributed by atoms with Crippen molar-refractivity contribution in [2.45, 2.75) is 52.0 Å². The van der Waals surface area contributed by atoms with Gasteiger partial charge in [-0.05, 0) is 26.7 Å². The van der Waals surface area contributed by atoms with Gasteiger partial charge in [0.05, 0.1) is 13.2 Å². The molecule has 1 rings (SSSR count). The quantitative estimate of drug-likeness (QED) is 0.468. The van der Waals surface area contributed by atoms with Crippen LogP contribution in [0, 0.1) is 11.7 Å². The molecule has 0 heterocycles. The average molecular weight is 259 g/mol. The molecule has 98 valence electrons. The number of hydrogen-bond donors (Lipinski definition) is 1. The van der Waals surface area contributed by atoms with Crippen molar-refractivity contribution in [3.63, 3.8) is 0 Å². The first-order valence-corrected chi connectivity index (χ1v) is 7.91. The van der Waals surface area contributed by atoms with Gasteiger partial charge in [-0.3, -0.25) is 9.05 Å². The molecule has 0 aromatic rings. The lowest BCUT2D eigenvalue weighted by Crippen LogP contribution is -2.26. The smallest absolute Gasteiger partial charge is 0.342 e. The van der Waals surface area contributed by atoms with Gasteiger partial charge in [-0.2, -0.15) is 0 Å². The van der Waals surface area contributed by atoms with Gasteiger partial charge in [0.25, 0.3) is 0 Å². The third-order valence-electron chi connectivity index (χ3n) is 2.67. The lowest BCUT2D eigenvalue weighted by atomic mass is 9.96. The molecule has 0 aliphatic heterocycles. The third kappa shape index (κ3) is 5.59. The fourth-order valence-electron chi connectivity index (χ4n) is 1.89. The molecule has 4 nitrogen and oxygen atoms in total. The first-order chi connectivity index (χ1) is 8.20. The summed E-state index contributed by atoms with van der Waals surface area (Å²) >= 11 is 0. The van der Waals surface area contributed by atoms with Crippen molar-refractivity contribution in [3.8, 4) is 11.7 Å². The molecule has 0 saturated heterocycles. The summed E-state index contributed by atoms with van der Waals surface area (Å²) in [5, 5.41) is 3.10. The second-order valence-electron chi connectivity index (χ2n) is 4.05. The normalized spacial score (nSPS) is 17.3. The van der Waals surface area contributed by atoms with Crippen molar-refractivity contribution in [1.29, 1.82) is 0 Å². The van der Waals surface area contributed by atoms with Crippen LogP contribution >= 0.6 is 7.60 Å². The van der Waals surface area contributed by atoms with Crippen LogP contribution in [0.25, 0.3) is 0 Å². The van der Waals surface area contributed by atoms with Crippen LogP contribution in [-0.4, -0.2) is 19.3 Å². The van der Waals surface area contributed by atoms with Crippen LogP contribution < -0.4 is 5.32 Å². The first kappa shape index (κ1) is 14.6. The number of rotatable bonds is 5. The zero-order valence-corrected chi connectivity index (χ0v) is 11.6. The molecule has 0 unspecified atom stereocenters. The number of nitrogens with one attached hydrogen (secondary N) is 1. The molecule has 0 amide bonds. The molecule has 0 aromatic carbocycles. The van der Waals surface area contributed by atoms with Crippen LogP contribution in [0.3, 0.4) is 0 Å². The highest BCUT2D eigenvalue weighted by atomic mass is 31.2. The minimum Gasteiger partial charge on any atom is -0.342 e. The summed E-state index contributed by atoms with van der Waals surface area (Å²) in [5.74, 6) is 0. The predicted octanol–water partition coefficient (Wildman–Crippen LogP) is 3.09.